The molecule has 2 atom stereocenters. The summed E-state index contributed by atoms with van der Waals surface area (Å²) in [5.41, 5.74) is 7.52. The van der Waals surface area contributed by atoms with Gasteiger partial charge in [-0.15, -0.1) is 11.3 Å². The van der Waals surface area contributed by atoms with Gasteiger partial charge in [0.1, 0.15) is 5.82 Å². The first kappa shape index (κ1) is 16.0. The molecule has 0 spiro atoms. The average molecular weight is 306 g/mol. The van der Waals surface area contributed by atoms with Gasteiger partial charge in [-0.2, -0.15) is 0 Å². The lowest BCUT2D eigenvalue weighted by molar-refractivity contribution is 0.591. The van der Waals surface area contributed by atoms with Gasteiger partial charge in [-0.3, -0.25) is 0 Å². The Labute approximate surface area is 130 Å². The molecule has 0 fully saturated rings. The quantitative estimate of drug-likeness (QED) is 0.878. The van der Waals surface area contributed by atoms with Crippen molar-refractivity contribution in [2.75, 3.05) is 11.9 Å². The maximum absolute atomic E-state index is 14.1. The van der Waals surface area contributed by atoms with E-state index in [2.05, 4.69) is 29.3 Å². The van der Waals surface area contributed by atoms with Crippen LogP contribution in [0.25, 0.3) is 0 Å². The van der Waals surface area contributed by atoms with Crippen LogP contribution in [0.4, 0.5) is 10.1 Å². The fourth-order valence-electron chi connectivity index (χ4n) is 2.50. The van der Waals surface area contributed by atoms with Crippen LogP contribution in [0, 0.1) is 5.82 Å². The van der Waals surface area contributed by atoms with Crippen molar-refractivity contribution in [3.05, 3.63) is 52.0 Å². The van der Waals surface area contributed by atoms with E-state index < -0.39 is 0 Å². The summed E-state index contributed by atoms with van der Waals surface area (Å²) in [5, 5.41) is 2.09. The summed E-state index contributed by atoms with van der Waals surface area (Å²) >= 11 is 1.76. The Kier molecular flexibility index (Phi) is 5.37. The second kappa shape index (κ2) is 7.05. The Morgan fingerprint density at radius 3 is 2.57 bits per heavy atom. The molecule has 2 nitrogen and oxygen atoms in total. The SMILES string of the molecule is CC(N)Cc1c(F)cccc1N(C)C(C)Cc1cccs1. The van der Waals surface area contributed by atoms with E-state index in [0.29, 0.717) is 18.0 Å². The van der Waals surface area contributed by atoms with Crippen molar-refractivity contribution in [2.24, 2.45) is 5.73 Å². The normalized spacial score (nSPS) is 14.0. The number of likely N-dealkylation sites (N-methyl/N-ethyl adjacent to an activating group) is 1. The second-order valence-electron chi connectivity index (χ2n) is 5.66. The average Bonchev–Trinajstić information content (AvgIpc) is 2.92. The standard InChI is InChI=1S/C17H23FN2S/c1-12(19)10-15-16(18)7-4-8-17(15)20(3)13(2)11-14-6-5-9-21-14/h4-9,12-13H,10-11,19H2,1-3H3. The van der Waals surface area contributed by atoms with Gasteiger partial charge in [-0.05, 0) is 43.8 Å². The molecule has 0 aliphatic rings. The fourth-order valence-corrected chi connectivity index (χ4v) is 3.32. The summed E-state index contributed by atoms with van der Waals surface area (Å²) in [6, 6.07) is 9.72. The lowest BCUT2D eigenvalue weighted by Gasteiger charge is -2.29. The van der Waals surface area contributed by atoms with E-state index in [-0.39, 0.29) is 11.9 Å². The van der Waals surface area contributed by atoms with Crippen molar-refractivity contribution in [3.8, 4) is 0 Å². The smallest absolute Gasteiger partial charge is 0.128 e. The number of anilines is 1. The monoisotopic (exact) mass is 306 g/mol. The molecule has 0 aliphatic heterocycles. The number of nitrogens with zero attached hydrogens (tertiary/aromatic N) is 1. The molecule has 0 saturated heterocycles. The zero-order chi connectivity index (χ0) is 15.4. The highest BCUT2D eigenvalue weighted by atomic mass is 32.1. The number of hydrogen-bond acceptors (Lipinski definition) is 3. The van der Waals surface area contributed by atoms with Crippen LogP contribution in [0.2, 0.25) is 0 Å². The molecule has 2 rings (SSSR count). The van der Waals surface area contributed by atoms with E-state index in [1.165, 1.54) is 10.9 Å². The summed E-state index contributed by atoms with van der Waals surface area (Å²) in [7, 11) is 2.03. The minimum atomic E-state index is -0.167. The minimum absolute atomic E-state index is 0.0540. The highest BCUT2D eigenvalue weighted by molar-refractivity contribution is 7.09. The number of benzene rings is 1. The summed E-state index contributed by atoms with van der Waals surface area (Å²) in [6.07, 6.45) is 1.51. The molecular formula is C17H23FN2S. The van der Waals surface area contributed by atoms with E-state index in [9.17, 15) is 4.39 Å². The van der Waals surface area contributed by atoms with Crippen LogP contribution in [0.15, 0.2) is 35.7 Å². The molecule has 114 valence electrons. The Morgan fingerprint density at radius 2 is 1.95 bits per heavy atom. The fraction of sp³-hybridized carbons (Fsp3) is 0.412. The molecule has 0 saturated carbocycles. The zero-order valence-corrected chi connectivity index (χ0v) is 13.7. The molecule has 0 radical (unpaired) electrons. The third-order valence-electron chi connectivity index (χ3n) is 3.74. The van der Waals surface area contributed by atoms with Gasteiger partial charge in [0.2, 0.25) is 0 Å². The van der Waals surface area contributed by atoms with Gasteiger partial charge in [0, 0.05) is 41.7 Å². The molecule has 2 N–H and O–H groups in total. The lowest BCUT2D eigenvalue weighted by atomic mass is 10.0. The van der Waals surface area contributed by atoms with Gasteiger partial charge >= 0.3 is 0 Å². The molecule has 4 heteroatoms. The maximum Gasteiger partial charge on any atom is 0.128 e. The van der Waals surface area contributed by atoms with Crippen molar-refractivity contribution in [1.82, 2.24) is 0 Å². The van der Waals surface area contributed by atoms with Gasteiger partial charge in [-0.25, -0.2) is 4.39 Å². The molecule has 0 aliphatic carbocycles. The van der Waals surface area contributed by atoms with Crippen LogP contribution in [-0.2, 0) is 12.8 Å². The predicted molar refractivity (Wildman–Crippen MR) is 89.6 cm³/mol. The van der Waals surface area contributed by atoms with Crippen molar-refractivity contribution in [1.29, 1.82) is 0 Å². The number of halogens is 1. The highest BCUT2D eigenvalue weighted by Gasteiger charge is 2.17. The molecule has 2 aromatic rings. The predicted octanol–water partition coefficient (Wildman–Crippen LogP) is 3.84. The van der Waals surface area contributed by atoms with Crippen LogP contribution in [-0.4, -0.2) is 19.1 Å². The molecule has 1 aromatic carbocycles. The zero-order valence-electron chi connectivity index (χ0n) is 12.8. The van der Waals surface area contributed by atoms with Crippen molar-refractivity contribution in [3.63, 3.8) is 0 Å². The lowest BCUT2D eigenvalue weighted by Crippen LogP contribution is -2.32. The molecule has 2 unspecified atom stereocenters. The van der Waals surface area contributed by atoms with Crippen LogP contribution in [0.1, 0.15) is 24.3 Å². The highest BCUT2D eigenvalue weighted by Crippen LogP contribution is 2.26. The summed E-state index contributed by atoms with van der Waals surface area (Å²) in [6.45, 7) is 4.07. The third-order valence-corrected chi connectivity index (χ3v) is 4.64. The van der Waals surface area contributed by atoms with Crippen LogP contribution < -0.4 is 10.6 Å². The third kappa shape index (κ3) is 4.05. The Bertz CT molecular complexity index is 566. The minimum Gasteiger partial charge on any atom is -0.371 e. The van der Waals surface area contributed by atoms with E-state index in [1.807, 2.05) is 20.0 Å². The molecule has 1 heterocycles. The molecule has 0 bridgehead atoms. The maximum atomic E-state index is 14.1. The van der Waals surface area contributed by atoms with E-state index in [0.717, 1.165) is 12.1 Å². The molecule has 21 heavy (non-hydrogen) atoms. The van der Waals surface area contributed by atoms with E-state index in [1.54, 1.807) is 17.4 Å². The van der Waals surface area contributed by atoms with Crippen molar-refractivity contribution in [2.45, 2.75) is 38.8 Å². The number of thiophene rings is 1. The largest absolute Gasteiger partial charge is 0.371 e. The summed E-state index contributed by atoms with van der Waals surface area (Å²) in [4.78, 5) is 3.50. The van der Waals surface area contributed by atoms with E-state index in [4.69, 9.17) is 5.73 Å². The van der Waals surface area contributed by atoms with Crippen molar-refractivity contribution >= 4 is 17.0 Å². The Balaban J connectivity index is 2.21. The van der Waals surface area contributed by atoms with Gasteiger partial charge in [0.05, 0.1) is 0 Å². The van der Waals surface area contributed by atoms with Gasteiger partial charge in [-0.1, -0.05) is 12.1 Å². The first-order chi connectivity index (χ1) is 9.99. The molecule has 0 amide bonds. The van der Waals surface area contributed by atoms with E-state index >= 15 is 0 Å². The van der Waals surface area contributed by atoms with Gasteiger partial charge in [0.15, 0.2) is 0 Å². The van der Waals surface area contributed by atoms with Gasteiger partial charge < -0.3 is 10.6 Å². The second-order valence-corrected chi connectivity index (χ2v) is 6.69. The first-order valence-electron chi connectivity index (χ1n) is 7.27. The van der Waals surface area contributed by atoms with Crippen LogP contribution in [0.3, 0.4) is 0 Å². The summed E-state index contributed by atoms with van der Waals surface area (Å²) < 4.78 is 14.1. The Hall–Kier alpha value is -1.39. The van der Waals surface area contributed by atoms with Crippen LogP contribution >= 0.6 is 11.3 Å². The molecular weight excluding hydrogens is 283 g/mol. The van der Waals surface area contributed by atoms with Crippen LogP contribution in [0.5, 0.6) is 0 Å². The van der Waals surface area contributed by atoms with Gasteiger partial charge in [0.25, 0.3) is 0 Å². The summed E-state index contributed by atoms with van der Waals surface area (Å²) in [5.74, 6) is -0.167. The molecule has 1 aromatic heterocycles. The topological polar surface area (TPSA) is 29.3 Å². The number of hydrogen-bond donors (Lipinski definition) is 1. The number of rotatable bonds is 6. The number of nitrogens with two attached hydrogens (primary N) is 1. The Morgan fingerprint density at radius 1 is 1.19 bits per heavy atom. The van der Waals surface area contributed by atoms with Crippen molar-refractivity contribution < 1.29 is 4.39 Å². The first-order valence-corrected chi connectivity index (χ1v) is 8.15.